The molecule has 3 aromatic heterocycles. The molecule has 0 aliphatic rings. The zero-order valence-corrected chi connectivity index (χ0v) is 13.5. The van der Waals surface area contributed by atoms with Crippen molar-refractivity contribution in [3.05, 3.63) is 78.9 Å². The van der Waals surface area contributed by atoms with Crippen LogP contribution in [0.25, 0.3) is 28.5 Å². The molecule has 0 amide bonds. The van der Waals surface area contributed by atoms with E-state index < -0.39 is 5.97 Å². The third-order valence-electron chi connectivity index (χ3n) is 3.76. The maximum absolute atomic E-state index is 11.1. The Labute approximate surface area is 148 Å². The van der Waals surface area contributed by atoms with Gasteiger partial charge in [0.25, 0.3) is 0 Å². The Balaban J connectivity index is 1.89. The van der Waals surface area contributed by atoms with Crippen molar-refractivity contribution >= 4 is 5.97 Å². The zero-order chi connectivity index (χ0) is 17.9. The van der Waals surface area contributed by atoms with Crippen molar-refractivity contribution in [2.24, 2.45) is 0 Å². The first-order valence-corrected chi connectivity index (χ1v) is 7.85. The molecule has 0 aliphatic heterocycles. The van der Waals surface area contributed by atoms with E-state index in [9.17, 15) is 4.79 Å². The average Bonchev–Trinajstić information content (AvgIpc) is 3.20. The molecule has 0 bridgehead atoms. The molecule has 7 nitrogen and oxygen atoms in total. The quantitative estimate of drug-likeness (QED) is 0.612. The van der Waals surface area contributed by atoms with Crippen molar-refractivity contribution in [3.63, 3.8) is 0 Å². The summed E-state index contributed by atoms with van der Waals surface area (Å²) in [7, 11) is 0. The van der Waals surface area contributed by atoms with E-state index in [0.29, 0.717) is 17.3 Å². The lowest BCUT2D eigenvalue weighted by molar-refractivity contribution is 0.0690. The number of rotatable bonds is 4. The van der Waals surface area contributed by atoms with Crippen LogP contribution in [0.1, 0.15) is 10.5 Å². The molecule has 7 heteroatoms. The van der Waals surface area contributed by atoms with Crippen molar-refractivity contribution < 1.29 is 9.90 Å². The number of carboxylic acid groups (broad SMARTS) is 1. The number of hydrogen-bond acceptors (Lipinski definition) is 5. The van der Waals surface area contributed by atoms with E-state index in [1.165, 1.54) is 10.7 Å². The highest BCUT2D eigenvalue weighted by atomic mass is 16.4. The highest BCUT2D eigenvalue weighted by molar-refractivity contribution is 5.85. The fraction of sp³-hybridized carbons (Fsp3) is 0. The van der Waals surface area contributed by atoms with Gasteiger partial charge in [0.15, 0.2) is 17.3 Å². The Kier molecular flexibility index (Phi) is 3.95. The summed E-state index contributed by atoms with van der Waals surface area (Å²) < 4.78 is 1.43. The smallest absolute Gasteiger partial charge is 0.356 e. The van der Waals surface area contributed by atoms with E-state index >= 15 is 0 Å². The number of pyridine rings is 1. The van der Waals surface area contributed by atoms with Crippen LogP contribution in [0.2, 0.25) is 0 Å². The van der Waals surface area contributed by atoms with Gasteiger partial charge in [0.05, 0.1) is 5.69 Å². The Hall–Kier alpha value is -3.87. The van der Waals surface area contributed by atoms with Crippen LogP contribution in [-0.2, 0) is 0 Å². The summed E-state index contributed by atoms with van der Waals surface area (Å²) in [5.41, 5.74) is 2.39. The van der Waals surface area contributed by atoms with Gasteiger partial charge in [-0.25, -0.2) is 19.4 Å². The van der Waals surface area contributed by atoms with Crippen molar-refractivity contribution in [1.82, 2.24) is 24.7 Å². The maximum Gasteiger partial charge on any atom is 0.356 e. The van der Waals surface area contributed by atoms with Crippen LogP contribution in [0.5, 0.6) is 0 Å². The lowest BCUT2D eigenvalue weighted by Crippen LogP contribution is -2.05. The number of carbonyl (C=O) groups is 1. The average molecular weight is 343 g/mol. The van der Waals surface area contributed by atoms with E-state index in [-0.39, 0.29) is 5.69 Å². The molecule has 1 N–H and O–H groups in total. The van der Waals surface area contributed by atoms with E-state index in [1.807, 2.05) is 42.5 Å². The van der Waals surface area contributed by atoms with Crippen LogP contribution in [0.15, 0.2) is 73.2 Å². The molecule has 0 saturated carbocycles. The fourth-order valence-corrected chi connectivity index (χ4v) is 2.50. The molecule has 4 aromatic rings. The monoisotopic (exact) mass is 343 g/mol. The van der Waals surface area contributed by atoms with Crippen LogP contribution in [0.3, 0.4) is 0 Å². The molecule has 1 aromatic carbocycles. The van der Waals surface area contributed by atoms with Crippen LogP contribution < -0.4 is 0 Å². The topological polar surface area (TPSA) is 93.8 Å². The summed E-state index contributed by atoms with van der Waals surface area (Å²) in [6.45, 7) is 0. The molecule has 3 heterocycles. The van der Waals surface area contributed by atoms with Gasteiger partial charge in [-0.3, -0.25) is 4.98 Å². The molecule has 4 rings (SSSR count). The first-order chi connectivity index (χ1) is 12.7. The van der Waals surface area contributed by atoms with E-state index in [1.54, 1.807) is 24.7 Å². The normalized spacial score (nSPS) is 10.6. The molecule has 26 heavy (non-hydrogen) atoms. The summed E-state index contributed by atoms with van der Waals surface area (Å²) in [5, 5.41) is 13.2. The van der Waals surface area contributed by atoms with Gasteiger partial charge in [-0.15, -0.1) is 0 Å². The standard InChI is InChI=1S/C19H13N5O2/c25-19(26)15-8-11-24(23-15)17-12-16(13-6-9-20-10-7-13)21-18(22-17)14-4-2-1-3-5-14/h1-12H,(H,25,26). The number of aromatic nitrogens is 5. The predicted molar refractivity (Wildman–Crippen MR) is 94.8 cm³/mol. The highest BCUT2D eigenvalue weighted by Gasteiger charge is 2.13. The molecular weight excluding hydrogens is 330 g/mol. The minimum absolute atomic E-state index is 0.0460. The van der Waals surface area contributed by atoms with Crippen molar-refractivity contribution in [3.8, 4) is 28.5 Å². The highest BCUT2D eigenvalue weighted by Crippen LogP contribution is 2.23. The summed E-state index contributed by atoms with van der Waals surface area (Å²) >= 11 is 0. The second-order valence-corrected chi connectivity index (χ2v) is 5.49. The van der Waals surface area contributed by atoms with E-state index in [4.69, 9.17) is 5.11 Å². The molecule has 0 fully saturated rings. The van der Waals surface area contributed by atoms with Gasteiger partial charge < -0.3 is 5.11 Å². The minimum atomic E-state index is -1.09. The van der Waals surface area contributed by atoms with Crippen LogP contribution in [0.4, 0.5) is 0 Å². The molecule has 126 valence electrons. The minimum Gasteiger partial charge on any atom is -0.476 e. The first-order valence-electron chi connectivity index (χ1n) is 7.85. The van der Waals surface area contributed by atoms with Crippen LogP contribution >= 0.6 is 0 Å². The lowest BCUT2D eigenvalue weighted by atomic mass is 10.1. The second kappa shape index (κ2) is 6.56. The third-order valence-corrected chi connectivity index (χ3v) is 3.76. The molecule has 0 unspecified atom stereocenters. The van der Waals surface area contributed by atoms with Gasteiger partial charge in [0.2, 0.25) is 0 Å². The molecule has 0 radical (unpaired) electrons. The Bertz CT molecular complexity index is 1000. The summed E-state index contributed by atoms with van der Waals surface area (Å²) in [6.07, 6.45) is 4.95. The Morgan fingerprint density at radius 2 is 1.69 bits per heavy atom. The number of aromatic carboxylic acids is 1. The van der Waals surface area contributed by atoms with Crippen LogP contribution in [0, 0.1) is 0 Å². The van der Waals surface area contributed by atoms with Crippen molar-refractivity contribution in [1.29, 1.82) is 0 Å². The summed E-state index contributed by atoms with van der Waals surface area (Å²) in [4.78, 5) is 24.3. The Morgan fingerprint density at radius 3 is 2.38 bits per heavy atom. The molecule has 0 spiro atoms. The number of carboxylic acids is 1. The van der Waals surface area contributed by atoms with Crippen LogP contribution in [-0.4, -0.2) is 35.8 Å². The fourth-order valence-electron chi connectivity index (χ4n) is 2.50. The third kappa shape index (κ3) is 3.05. The van der Waals surface area contributed by atoms with Gasteiger partial charge in [0.1, 0.15) is 0 Å². The van der Waals surface area contributed by atoms with Gasteiger partial charge in [-0.1, -0.05) is 30.3 Å². The number of hydrogen-bond donors (Lipinski definition) is 1. The van der Waals surface area contributed by atoms with Crippen molar-refractivity contribution in [2.45, 2.75) is 0 Å². The Morgan fingerprint density at radius 1 is 0.923 bits per heavy atom. The summed E-state index contributed by atoms with van der Waals surface area (Å²) in [5.74, 6) is -0.0732. The maximum atomic E-state index is 11.1. The second-order valence-electron chi connectivity index (χ2n) is 5.49. The van der Waals surface area contributed by atoms with Crippen molar-refractivity contribution in [2.75, 3.05) is 0 Å². The zero-order valence-electron chi connectivity index (χ0n) is 13.5. The van der Waals surface area contributed by atoms with Gasteiger partial charge >= 0.3 is 5.97 Å². The number of nitrogens with zero attached hydrogens (tertiary/aromatic N) is 5. The van der Waals surface area contributed by atoms with E-state index in [0.717, 1.165) is 11.1 Å². The summed E-state index contributed by atoms with van der Waals surface area (Å²) in [6, 6.07) is 16.5. The molecule has 0 aliphatic carbocycles. The molecule has 0 saturated heterocycles. The SMILES string of the molecule is O=C(O)c1ccn(-c2cc(-c3ccncc3)nc(-c3ccccc3)n2)n1. The number of benzene rings is 1. The largest absolute Gasteiger partial charge is 0.476 e. The lowest BCUT2D eigenvalue weighted by Gasteiger charge is -2.08. The molecular formula is C19H13N5O2. The predicted octanol–water partition coefficient (Wildman–Crippen LogP) is 3.09. The van der Waals surface area contributed by atoms with E-state index in [2.05, 4.69) is 20.1 Å². The first kappa shape index (κ1) is 15.6. The van der Waals surface area contributed by atoms with Gasteiger partial charge in [0, 0.05) is 35.8 Å². The van der Waals surface area contributed by atoms with Gasteiger partial charge in [-0.2, -0.15) is 5.10 Å². The van der Waals surface area contributed by atoms with Gasteiger partial charge in [-0.05, 0) is 18.2 Å². The molecule has 0 atom stereocenters.